The number of nitrogens with zero attached hydrogens (tertiary/aromatic N) is 4. The lowest BCUT2D eigenvalue weighted by Crippen LogP contribution is -2.50. The van der Waals surface area contributed by atoms with Crippen LogP contribution in [-0.2, 0) is 4.79 Å². The number of benzene rings is 1. The standard InChI is InChI=1S/C33H44ClN5O4/c1-21-19-29(34)36-23(3)30(21)31(40)35-16-13-22(2)37-17-14-27(15-18-37)39-28(24-7-5-4-6-8-24)20-38(33(39)43)26-11-9-25(10-12-26)32(41)42/h4-8,19,22,25-28H,9-18,20H2,1-3H3,(H,35,40)(H,41,42)/t22?,25?,26?,28-/m0/s1. The molecule has 43 heavy (non-hydrogen) atoms. The summed E-state index contributed by atoms with van der Waals surface area (Å²) in [5.41, 5.74) is 3.20. The van der Waals surface area contributed by atoms with Crippen LogP contribution in [0.3, 0.4) is 0 Å². The molecule has 0 bridgehead atoms. The lowest BCUT2D eigenvalue weighted by atomic mass is 9.85. The first-order valence-electron chi connectivity index (χ1n) is 15.7. The summed E-state index contributed by atoms with van der Waals surface area (Å²) in [7, 11) is 0. The van der Waals surface area contributed by atoms with E-state index in [0.29, 0.717) is 48.4 Å². The largest absolute Gasteiger partial charge is 0.481 e. The van der Waals surface area contributed by atoms with Gasteiger partial charge in [0, 0.05) is 44.3 Å². The number of hydrogen-bond acceptors (Lipinski definition) is 5. The predicted octanol–water partition coefficient (Wildman–Crippen LogP) is 5.45. The SMILES string of the molecule is Cc1cc(Cl)nc(C)c1C(=O)NCCC(C)N1CCC(N2C(=O)N(C3CCC(C(=O)O)CC3)C[C@H]2c2ccccc2)CC1. The minimum absolute atomic E-state index is 0.00403. The predicted molar refractivity (Wildman–Crippen MR) is 166 cm³/mol. The number of carbonyl (C=O) groups excluding carboxylic acids is 2. The van der Waals surface area contributed by atoms with Crippen molar-refractivity contribution in [2.45, 2.75) is 89.9 Å². The molecule has 2 saturated heterocycles. The first kappa shape index (κ1) is 31.3. The molecule has 2 atom stereocenters. The number of carboxylic acids is 1. The molecule has 0 spiro atoms. The summed E-state index contributed by atoms with van der Waals surface area (Å²) in [6.45, 7) is 8.90. The Kier molecular flexibility index (Phi) is 9.92. The summed E-state index contributed by atoms with van der Waals surface area (Å²) in [4.78, 5) is 49.1. The number of likely N-dealkylation sites (tertiary alicyclic amines) is 1. The summed E-state index contributed by atoms with van der Waals surface area (Å²) in [6, 6.07) is 12.7. The first-order valence-corrected chi connectivity index (χ1v) is 16.0. The monoisotopic (exact) mass is 609 g/mol. The van der Waals surface area contributed by atoms with E-state index >= 15 is 0 Å². The van der Waals surface area contributed by atoms with Crippen molar-refractivity contribution in [3.8, 4) is 0 Å². The zero-order chi connectivity index (χ0) is 30.7. The molecule has 9 nitrogen and oxygen atoms in total. The summed E-state index contributed by atoms with van der Waals surface area (Å²) in [5, 5.41) is 12.9. The van der Waals surface area contributed by atoms with Crippen LogP contribution >= 0.6 is 11.6 Å². The maximum absolute atomic E-state index is 14.0. The maximum atomic E-state index is 14.0. The lowest BCUT2D eigenvalue weighted by molar-refractivity contribution is -0.143. The highest BCUT2D eigenvalue weighted by Gasteiger charge is 2.46. The van der Waals surface area contributed by atoms with E-state index in [9.17, 15) is 19.5 Å². The summed E-state index contributed by atoms with van der Waals surface area (Å²) in [5.74, 6) is -1.13. The molecule has 5 rings (SSSR count). The van der Waals surface area contributed by atoms with Crippen LogP contribution in [0.15, 0.2) is 36.4 Å². The van der Waals surface area contributed by atoms with Gasteiger partial charge in [-0.05, 0) is 82.9 Å². The highest BCUT2D eigenvalue weighted by atomic mass is 35.5. The van der Waals surface area contributed by atoms with Gasteiger partial charge in [0.15, 0.2) is 0 Å². The number of nitrogens with one attached hydrogen (secondary N) is 1. The number of pyridine rings is 1. The van der Waals surface area contributed by atoms with Crippen LogP contribution in [0.25, 0.3) is 0 Å². The van der Waals surface area contributed by atoms with Gasteiger partial charge in [-0.15, -0.1) is 0 Å². The van der Waals surface area contributed by atoms with E-state index in [4.69, 9.17) is 11.6 Å². The van der Waals surface area contributed by atoms with Crippen molar-refractivity contribution >= 4 is 29.5 Å². The van der Waals surface area contributed by atoms with Crippen LogP contribution in [0, 0.1) is 19.8 Å². The van der Waals surface area contributed by atoms with Crippen LogP contribution in [0.4, 0.5) is 4.79 Å². The van der Waals surface area contributed by atoms with Gasteiger partial charge in [-0.25, -0.2) is 9.78 Å². The van der Waals surface area contributed by atoms with Gasteiger partial charge in [-0.2, -0.15) is 0 Å². The van der Waals surface area contributed by atoms with Crippen molar-refractivity contribution in [2.24, 2.45) is 5.92 Å². The van der Waals surface area contributed by atoms with Crippen LogP contribution < -0.4 is 5.32 Å². The minimum atomic E-state index is -0.720. The zero-order valence-corrected chi connectivity index (χ0v) is 26.2. The fourth-order valence-corrected chi connectivity index (χ4v) is 7.61. The van der Waals surface area contributed by atoms with Crippen molar-refractivity contribution in [3.05, 3.63) is 63.9 Å². The zero-order valence-electron chi connectivity index (χ0n) is 25.5. The van der Waals surface area contributed by atoms with Gasteiger partial charge in [0.1, 0.15) is 5.15 Å². The van der Waals surface area contributed by atoms with E-state index in [2.05, 4.69) is 39.2 Å². The van der Waals surface area contributed by atoms with E-state index in [1.54, 1.807) is 13.0 Å². The fourth-order valence-electron chi connectivity index (χ4n) is 7.32. The number of carboxylic acid groups (broad SMARTS) is 1. The molecule has 1 aliphatic carbocycles. The topological polar surface area (TPSA) is 106 Å². The Morgan fingerprint density at radius 3 is 2.35 bits per heavy atom. The summed E-state index contributed by atoms with van der Waals surface area (Å²) in [6.07, 6.45) is 5.40. The second-order valence-electron chi connectivity index (χ2n) is 12.5. The Labute approximate surface area is 259 Å². The van der Waals surface area contributed by atoms with E-state index < -0.39 is 5.97 Å². The number of carbonyl (C=O) groups is 3. The average molecular weight is 610 g/mol. The Balaban J connectivity index is 1.17. The molecule has 10 heteroatoms. The fraction of sp³-hybridized carbons (Fsp3) is 0.576. The molecule has 1 unspecified atom stereocenters. The summed E-state index contributed by atoms with van der Waals surface area (Å²) >= 11 is 6.02. The second kappa shape index (κ2) is 13.6. The number of piperidine rings is 1. The molecule has 0 radical (unpaired) electrons. The van der Waals surface area contributed by atoms with Crippen molar-refractivity contribution in [2.75, 3.05) is 26.2 Å². The van der Waals surface area contributed by atoms with Gasteiger partial charge in [-0.3, -0.25) is 9.59 Å². The van der Waals surface area contributed by atoms with Gasteiger partial charge in [0.25, 0.3) is 5.91 Å². The Morgan fingerprint density at radius 2 is 1.72 bits per heavy atom. The number of amides is 3. The molecular weight excluding hydrogens is 566 g/mol. The number of rotatable bonds is 9. The van der Waals surface area contributed by atoms with E-state index in [1.807, 2.05) is 30.0 Å². The molecule has 3 amide bonds. The molecule has 3 heterocycles. The number of hydrogen-bond donors (Lipinski definition) is 2. The molecule has 1 aromatic heterocycles. The first-order chi connectivity index (χ1) is 20.6. The number of aliphatic carboxylic acids is 1. The lowest BCUT2D eigenvalue weighted by Gasteiger charge is -2.41. The van der Waals surface area contributed by atoms with Crippen molar-refractivity contribution in [1.29, 1.82) is 0 Å². The second-order valence-corrected chi connectivity index (χ2v) is 12.9. The normalized spacial score (nSPS) is 24.3. The molecule has 3 aliphatic rings. The average Bonchev–Trinajstić information content (AvgIpc) is 3.34. The Bertz CT molecular complexity index is 1280. The third-order valence-electron chi connectivity index (χ3n) is 9.80. The third kappa shape index (κ3) is 6.99. The quantitative estimate of drug-likeness (QED) is 0.367. The number of aromatic nitrogens is 1. The molecular formula is C33H44ClN5O4. The molecule has 232 valence electrons. The molecule has 3 fully saturated rings. The van der Waals surface area contributed by atoms with Crippen molar-refractivity contribution in [3.63, 3.8) is 0 Å². The van der Waals surface area contributed by atoms with Crippen LogP contribution in [-0.4, -0.2) is 87.0 Å². The van der Waals surface area contributed by atoms with E-state index in [-0.39, 0.29) is 36.0 Å². The van der Waals surface area contributed by atoms with Crippen molar-refractivity contribution in [1.82, 2.24) is 25.0 Å². The molecule has 2 aromatic rings. The Hall–Kier alpha value is -3.17. The van der Waals surface area contributed by atoms with Gasteiger partial charge in [0.2, 0.25) is 0 Å². The van der Waals surface area contributed by atoms with Crippen molar-refractivity contribution < 1.29 is 19.5 Å². The van der Waals surface area contributed by atoms with Gasteiger partial charge < -0.3 is 25.1 Å². The van der Waals surface area contributed by atoms with Crippen LogP contribution in [0.2, 0.25) is 5.15 Å². The number of halogens is 1. The van der Waals surface area contributed by atoms with Crippen LogP contribution in [0.1, 0.15) is 85.1 Å². The van der Waals surface area contributed by atoms with Gasteiger partial charge >= 0.3 is 12.0 Å². The van der Waals surface area contributed by atoms with Gasteiger partial charge in [-0.1, -0.05) is 41.9 Å². The Morgan fingerprint density at radius 1 is 1.05 bits per heavy atom. The smallest absolute Gasteiger partial charge is 0.321 e. The van der Waals surface area contributed by atoms with E-state index in [1.165, 1.54) is 0 Å². The van der Waals surface area contributed by atoms with E-state index in [0.717, 1.165) is 56.3 Å². The maximum Gasteiger partial charge on any atom is 0.321 e. The number of urea groups is 1. The van der Waals surface area contributed by atoms with Gasteiger partial charge in [0.05, 0.1) is 23.2 Å². The molecule has 1 saturated carbocycles. The molecule has 2 aliphatic heterocycles. The number of aryl methyl sites for hydroxylation is 2. The molecule has 1 aromatic carbocycles. The minimum Gasteiger partial charge on any atom is -0.481 e. The van der Waals surface area contributed by atoms with Crippen LogP contribution in [0.5, 0.6) is 0 Å². The molecule has 2 N–H and O–H groups in total. The highest BCUT2D eigenvalue weighted by Crippen LogP contribution is 2.39. The highest BCUT2D eigenvalue weighted by molar-refractivity contribution is 6.29. The summed E-state index contributed by atoms with van der Waals surface area (Å²) < 4.78 is 0. The third-order valence-corrected chi connectivity index (χ3v) is 9.99.